The van der Waals surface area contributed by atoms with Crippen LogP contribution >= 0.6 is 11.9 Å². The highest BCUT2D eigenvalue weighted by atomic mass is 32.2. The van der Waals surface area contributed by atoms with Gasteiger partial charge in [0.05, 0.1) is 17.7 Å². The number of nitrogens with one attached hydrogen (secondary N) is 3. The Balaban J connectivity index is 1.77. The lowest BCUT2D eigenvalue weighted by Gasteiger charge is -2.11. The Bertz CT molecular complexity index is 976. The average molecular weight is 387 g/mol. The van der Waals surface area contributed by atoms with Gasteiger partial charge in [0.25, 0.3) is 0 Å². The number of aromatic amines is 1. The van der Waals surface area contributed by atoms with Gasteiger partial charge in [-0.2, -0.15) is 0 Å². The number of aromatic nitrogens is 3. The Morgan fingerprint density at radius 1 is 1.30 bits per heavy atom. The number of ether oxygens (including phenoxy) is 1. The zero-order valence-corrected chi connectivity index (χ0v) is 15.0. The van der Waals surface area contributed by atoms with Gasteiger partial charge >= 0.3 is 0 Å². The molecular weight excluding hydrogens is 372 g/mol. The number of anilines is 1. The molecule has 0 saturated heterocycles. The Labute approximate surface area is 158 Å². The Morgan fingerprint density at radius 2 is 2.15 bits per heavy atom. The van der Waals surface area contributed by atoms with Gasteiger partial charge in [0.2, 0.25) is 5.88 Å². The SMILES string of the molecule is COc1ncc(C(=N)/C=C\c2ncc[nH]2)cc1NSc1ccc(F)cc1F. The van der Waals surface area contributed by atoms with E-state index in [9.17, 15) is 8.78 Å². The first-order valence-electron chi connectivity index (χ1n) is 7.75. The lowest BCUT2D eigenvalue weighted by atomic mass is 10.1. The minimum Gasteiger partial charge on any atom is -0.480 e. The molecule has 3 aromatic rings. The second kappa shape index (κ2) is 8.45. The van der Waals surface area contributed by atoms with E-state index in [4.69, 9.17) is 10.1 Å². The van der Waals surface area contributed by atoms with Gasteiger partial charge in [0.1, 0.15) is 23.1 Å². The average Bonchev–Trinajstić information content (AvgIpc) is 3.19. The van der Waals surface area contributed by atoms with Crippen LogP contribution in [0.15, 0.2) is 53.8 Å². The van der Waals surface area contributed by atoms with E-state index >= 15 is 0 Å². The number of allylic oxidation sites excluding steroid dienone is 1. The van der Waals surface area contributed by atoms with Crippen LogP contribution < -0.4 is 9.46 Å². The normalized spacial score (nSPS) is 10.9. The number of pyridine rings is 1. The molecular formula is C18H15F2N5OS. The fourth-order valence-corrected chi connectivity index (χ4v) is 2.79. The van der Waals surface area contributed by atoms with E-state index in [1.807, 2.05) is 0 Å². The molecule has 2 heterocycles. The quantitative estimate of drug-likeness (QED) is 0.416. The smallest absolute Gasteiger partial charge is 0.237 e. The summed E-state index contributed by atoms with van der Waals surface area (Å²) < 4.78 is 34.9. The maximum atomic E-state index is 13.8. The molecule has 0 amide bonds. The first-order valence-corrected chi connectivity index (χ1v) is 8.57. The number of benzene rings is 1. The fraction of sp³-hybridized carbons (Fsp3) is 0.0556. The van der Waals surface area contributed by atoms with Gasteiger partial charge in [-0.15, -0.1) is 0 Å². The molecule has 0 bridgehead atoms. The van der Waals surface area contributed by atoms with Crippen molar-refractivity contribution < 1.29 is 13.5 Å². The second-order valence-electron chi connectivity index (χ2n) is 5.28. The number of hydrogen-bond acceptors (Lipinski definition) is 6. The number of halogens is 2. The van der Waals surface area contributed by atoms with E-state index in [0.717, 1.165) is 18.0 Å². The molecule has 0 atom stereocenters. The van der Waals surface area contributed by atoms with Gasteiger partial charge in [0.15, 0.2) is 0 Å². The number of rotatable bonds is 7. The summed E-state index contributed by atoms with van der Waals surface area (Å²) in [4.78, 5) is 11.3. The van der Waals surface area contributed by atoms with E-state index in [2.05, 4.69) is 19.7 Å². The van der Waals surface area contributed by atoms with Crippen LogP contribution in [0.2, 0.25) is 0 Å². The first-order chi connectivity index (χ1) is 13.1. The van der Waals surface area contributed by atoms with Crippen LogP contribution in [0.5, 0.6) is 5.88 Å². The van der Waals surface area contributed by atoms with Gasteiger partial charge in [-0.3, -0.25) is 0 Å². The second-order valence-corrected chi connectivity index (χ2v) is 6.13. The molecule has 3 N–H and O–H groups in total. The lowest BCUT2D eigenvalue weighted by Crippen LogP contribution is -2.01. The summed E-state index contributed by atoms with van der Waals surface area (Å²) >= 11 is 0.955. The third-order valence-electron chi connectivity index (χ3n) is 3.45. The van der Waals surface area contributed by atoms with Crippen molar-refractivity contribution in [3.63, 3.8) is 0 Å². The van der Waals surface area contributed by atoms with E-state index in [1.54, 1.807) is 30.6 Å². The van der Waals surface area contributed by atoms with Crippen LogP contribution in [-0.4, -0.2) is 27.8 Å². The third-order valence-corrected chi connectivity index (χ3v) is 4.32. The van der Waals surface area contributed by atoms with Crippen molar-refractivity contribution in [1.82, 2.24) is 15.0 Å². The van der Waals surface area contributed by atoms with E-state index < -0.39 is 11.6 Å². The van der Waals surface area contributed by atoms with Crippen LogP contribution in [0.1, 0.15) is 11.4 Å². The van der Waals surface area contributed by atoms with E-state index in [-0.39, 0.29) is 16.5 Å². The standard InChI is InChI=1S/C18H15F2N5OS/c1-26-18-15(25-27-16-4-2-12(19)9-13(16)20)8-11(10-24-18)14(21)3-5-17-22-6-7-23-17/h2-10,21,25H,1H3,(H,22,23)/b5-3-,21-14?. The molecule has 3 rings (SSSR count). The van der Waals surface area contributed by atoms with Crippen LogP contribution in [0.3, 0.4) is 0 Å². The van der Waals surface area contributed by atoms with Crippen molar-refractivity contribution in [2.45, 2.75) is 4.90 Å². The number of hydrogen-bond donors (Lipinski definition) is 3. The molecule has 6 nitrogen and oxygen atoms in total. The maximum absolute atomic E-state index is 13.8. The molecule has 0 aliphatic heterocycles. The molecule has 138 valence electrons. The van der Waals surface area contributed by atoms with Gasteiger partial charge in [0, 0.05) is 30.2 Å². The molecule has 0 spiro atoms. The third kappa shape index (κ3) is 4.70. The molecule has 2 aromatic heterocycles. The Hall–Kier alpha value is -3.20. The highest BCUT2D eigenvalue weighted by molar-refractivity contribution is 8.00. The van der Waals surface area contributed by atoms with Crippen LogP contribution in [-0.2, 0) is 0 Å². The van der Waals surface area contributed by atoms with E-state index in [1.165, 1.54) is 25.4 Å². The number of H-pyrrole nitrogens is 1. The molecule has 0 aliphatic rings. The van der Waals surface area contributed by atoms with Crippen molar-refractivity contribution in [1.29, 1.82) is 5.41 Å². The van der Waals surface area contributed by atoms with Crippen molar-refractivity contribution >= 4 is 29.4 Å². The van der Waals surface area contributed by atoms with Crippen molar-refractivity contribution in [3.8, 4) is 5.88 Å². The molecule has 0 aliphatic carbocycles. The number of imidazole rings is 1. The highest BCUT2D eigenvalue weighted by Crippen LogP contribution is 2.30. The summed E-state index contributed by atoms with van der Waals surface area (Å²) in [7, 11) is 1.46. The van der Waals surface area contributed by atoms with Gasteiger partial charge < -0.3 is 19.9 Å². The summed E-state index contributed by atoms with van der Waals surface area (Å²) in [5.41, 5.74) is 1.20. The summed E-state index contributed by atoms with van der Waals surface area (Å²) in [6.07, 6.45) is 8.06. The minimum absolute atomic E-state index is 0.211. The predicted molar refractivity (Wildman–Crippen MR) is 101 cm³/mol. The molecule has 9 heteroatoms. The highest BCUT2D eigenvalue weighted by Gasteiger charge is 2.11. The Morgan fingerprint density at radius 3 is 2.85 bits per heavy atom. The van der Waals surface area contributed by atoms with Crippen LogP contribution in [0.4, 0.5) is 14.5 Å². The minimum atomic E-state index is -0.676. The van der Waals surface area contributed by atoms with Gasteiger partial charge in [-0.1, -0.05) is 0 Å². The molecule has 1 aromatic carbocycles. The molecule has 0 saturated carbocycles. The summed E-state index contributed by atoms with van der Waals surface area (Å²) in [6, 6.07) is 4.98. The first kappa shape index (κ1) is 18.6. The maximum Gasteiger partial charge on any atom is 0.237 e. The van der Waals surface area contributed by atoms with E-state index in [0.29, 0.717) is 17.1 Å². The van der Waals surface area contributed by atoms with Crippen LogP contribution in [0, 0.1) is 17.0 Å². The molecule has 0 fully saturated rings. The summed E-state index contributed by atoms with van der Waals surface area (Å²) in [5.74, 6) is -0.405. The van der Waals surface area contributed by atoms with Gasteiger partial charge in [-0.25, -0.2) is 18.7 Å². The largest absolute Gasteiger partial charge is 0.480 e. The molecule has 0 unspecified atom stereocenters. The number of nitrogens with zero attached hydrogens (tertiary/aromatic N) is 2. The zero-order valence-electron chi connectivity index (χ0n) is 14.2. The predicted octanol–water partition coefficient (Wildman–Crippen LogP) is 4.29. The molecule has 27 heavy (non-hydrogen) atoms. The lowest BCUT2D eigenvalue weighted by molar-refractivity contribution is 0.400. The monoisotopic (exact) mass is 387 g/mol. The number of methoxy groups -OCH3 is 1. The molecule has 0 radical (unpaired) electrons. The zero-order chi connectivity index (χ0) is 19.2. The van der Waals surface area contributed by atoms with Crippen molar-refractivity contribution in [3.05, 3.63) is 72.0 Å². The van der Waals surface area contributed by atoms with Crippen molar-refractivity contribution in [2.75, 3.05) is 11.8 Å². The topological polar surface area (TPSA) is 86.7 Å². The summed E-state index contributed by atoms with van der Waals surface area (Å²) in [5, 5.41) is 8.16. The van der Waals surface area contributed by atoms with Gasteiger partial charge in [-0.05, 0) is 42.3 Å². The fourth-order valence-electron chi connectivity index (χ4n) is 2.13. The Kier molecular flexibility index (Phi) is 5.82. The van der Waals surface area contributed by atoms with Crippen molar-refractivity contribution in [2.24, 2.45) is 0 Å². The summed E-state index contributed by atoms with van der Waals surface area (Å²) in [6.45, 7) is 0. The van der Waals surface area contributed by atoms with Crippen LogP contribution in [0.25, 0.3) is 6.08 Å².